The highest BCUT2D eigenvalue weighted by atomic mass is 127. The van der Waals surface area contributed by atoms with Crippen LogP contribution in [0.4, 0.5) is 0 Å². The standard InChI is InChI=1S/C18H27IO/c1-2-3-4-5-6-9-13-18(15-19)14-12-16-10-7-8-11-17(16)20-18/h7-8,10-11H,2-6,9,12-15H2,1H3. The second kappa shape index (κ2) is 8.26. The number of ether oxygens (including phenoxy) is 1. The van der Waals surface area contributed by atoms with Crippen LogP contribution in [0.5, 0.6) is 5.75 Å². The summed E-state index contributed by atoms with van der Waals surface area (Å²) in [5.41, 5.74) is 1.48. The molecule has 1 heterocycles. The van der Waals surface area contributed by atoms with Crippen molar-refractivity contribution >= 4 is 22.6 Å². The molecule has 1 atom stereocenters. The molecule has 20 heavy (non-hydrogen) atoms. The van der Waals surface area contributed by atoms with Crippen LogP contribution >= 0.6 is 22.6 Å². The van der Waals surface area contributed by atoms with Crippen molar-refractivity contribution in [1.82, 2.24) is 0 Å². The molecule has 1 aliphatic heterocycles. The van der Waals surface area contributed by atoms with E-state index in [1.165, 1.54) is 63.4 Å². The van der Waals surface area contributed by atoms with Crippen LogP contribution < -0.4 is 4.74 Å². The highest BCUT2D eigenvalue weighted by molar-refractivity contribution is 14.1. The van der Waals surface area contributed by atoms with Gasteiger partial charge in [0.1, 0.15) is 11.4 Å². The maximum atomic E-state index is 6.39. The Bertz CT molecular complexity index is 404. The van der Waals surface area contributed by atoms with E-state index in [2.05, 4.69) is 53.8 Å². The monoisotopic (exact) mass is 386 g/mol. The Morgan fingerprint density at radius 2 is 1.85 bits per heavy atom. The van der Waals surface area contributed by atoms with Gasteiger partial charge >= 0.3 is 0 Å². The van der Waals surface area contributed by atoms with E-state index in [4.69, 9.17) is 4.74 Å². The average Bonchev–Trinajstić information content (AvgIpc) is 2.50. The summed E-state index contributed by atoms with van der Waals surface area (Å²) in [4.78, 5) is 0. The zero-order chi connectivity index (χ0) is 14.3. The molecule has 0 spiro atoms. The van der Waals surface area contributed by atoms with E-state index in [9.17, 15) is 0 Å². The highest BCUT2D eigenvalue weighted by Gasteiger charge is 2.34. The summed E-state index contributed by atoms with van der Waals surface area (Å²) < 4.78 is 7.49. The van der Waals surface area contributed by atoms with E-state index in [0.717, 1.165) is 10.2 Å². The summed E-state index contributed by atoms with van der Waals surface area (Å²) in [6.07, 6.45) is 11.8. The number of halogens is 1. The van der Waals surface area contributed by atoms with Gasteiger partial charge in [0.15, 0.2) is 0 Å². The topological polar surface area (TPSA) is 9.23 Å². The van der Waals surface area contributed by atoms with E-state index in [0.29, 0.717) is 0 Å². The van der Waals surface area contributed by atoms with E-state index >= 15 is 0 Å². The van der Waals surface area contributed by atoms with Gasteiger partial charge < -0.3 is 4.74 Å². The lowest BCUT2D eigenvalue weighted by atomic mass is 9.88. The fourth-order valence-corrected chi connectivity index (χ4v) is 3.94. The Hall–Kier alpha value is -0.250. The second-order valence-corrected chi connectivity index (χ2v) is 6.81. The van der Waals surface area contributed by atoms with E-state index in [1.54, 1.807) is 0 Å². The summed E-state index contributed by atoms with van der Waals surface area (Å²) in [6.45, 7) is 2.28. The lowest BCUT2D eigenvalue weighted by Crippen LogP contribution is -2.41. The number of benzene rings is 1. The molecule has 1 aromatic rings. The molecule has 0 saturated heterocycles. The number of fused-ring (bicyclic) bond motifs is 1. The van der Waals surface area contributed by atoms with Crippen molar-refractivity contribution in [3.05, 3.63) is 29.8 Å². The summed E-state index contributed by atoms with van der Waals surface area (Å²) >= 11 is 2.51. The number of rotatable bonds is 8. The maximum Gasteiger partial charge on any atom is 0.123 e. The van der Waals surface area contributed by atoms with Crippen LogP contribution in [0.2, 0.25) is 0 Å². The van der Waals surface area contributed by atoms with Crippen molar-refractivity contribution in [2.45, 2.75) is 70.3 Å². The van der Waals surface area contributed by atoms with Crippen molar-refractivity contribution in [1.29, 1.82) is 0 Å². The van der Waals surface area contributed by atoms with Gasteiger partial charge in [-0.2, -0.15) is 0 Å². The first-order chi connectivity index (χ1) is 9.79. The summed E-state index contributed by atoms with van der Waals surface area (Å²) in [7, 11) is 0. The van der Waals surface area contributed by atoms with Crippen LogP contribution in [-0.4, -0.2) is 10.0 Å². The van der Waals surface area contributed by atoms with Gasteiger partial charge in [-0.15, -0.1) is 0 Å². The largest absolute Gasteiger partial charge is 0.486 e. The molecule has 1 aliphatic rings. The van der Waals surface area contributed by atoms with Gasteiger partial charge in [0.2, 0.25) is 0 Å². The van der Waals surface area contributed by atoms with Crippen LogP contribution in [-0.2, 0) is 6.42 Å². The molecule has 2 heteroatoms. The molecule has 0 radical (unpaired) electrons. The molecule has 0 N–H and O–H groups in total. The third-order valence-electron chi connectivity index (χ3n) is 4.38. The zero-order valence-electron chi connectivity index (χ0n) is 12.7. The molecule has 0 bridgehead atoms. The van der Waals surface area contributed by atoms with Crippen LogP contribution in [0.3, 0.4) is 0 Å². The van der Waals surface area contributed by atoms with Crippen LogP contribution in [0.25, 0.3) is 0 Å². The molecular weight excluding hydrogens is 359 g/mol. The highest BCUT2D eigenvalue weighted by Crippen LogP contribution is 2.37. The number of para-hydroxylation sites is 1. The Labute approximate surface area is 137 Å². The van der Waals surface area contributed by atoms with Crippen molar-refractivity contribution in [2.24, 2.45) is 0 Å². The predicted octanol–water partition coefficient (Wildman–Crippen LogP) is 5.94. The van der Waals surface area contributed by atoms with E-state index < -0.39 is 0 Å². The minimum atomic E-state index is 0.0969. The first kappa shape index (κ1) is 16.1. The smallest absolute Gasteiger partial charge is 0.123 e. The molecule has 1 unspecified atom stereocenters. The lowest BCUT2D eigenvalue weighted by Gasteiger charge is -2.37. The summed E-state index contributed by atoms with van der Waals surface area (Å²) in [5, 5.41) is 0. The van der Waals surface area contributed by atoms with Gasteiger partial charge in [-0.25, -0.2) is 0 Å². The molecular formula is C18H27IO. The van der Waals surface area contributed by atoms with Crippen molar-refractivity contribution < 1.29 is 4.74 Å². The van der Waals surface area contributed by atoms with Gasteiger partial charge in [0.25, 0.3) is 0 Å². The van der Waals surface area contributed by atoms with E-state index in [1.807, 2.05) is 0 Å². The molecule has 2 rings (SSSR count). The fraction of sp³-hybridized carbons (Fsp3) is 0.667. The first-order valence-corrected chi connectivity index (χ1v) is 9.65. The Balaban J connectivity index is 1.82. The first-order valence-electron chi connectivity index (χ1n) is 8.12. The lowest BCUT2D eigenvalue weighted by molar-refractivity contribution is 0.0611. The SMILES string of the molecule is CCCCCCCCC1(CI)CCc2ccccc2O1. The van der Waals surface area contributed by atoms with Gasteiger partial charge in [-0.05, 0) is 37.3 Å². The number of aryl methyl sites for hydroxylation is 1. The minimum Gasteiger partial charge on any atom is -0.486 e. The maximum absolute atomic E-state index is 6.39. The number of alkyl halides is 1. The molecule has 112 valence electrons. The molecule has 0 aliphatic carbocycles. The molecule has 0 aromatic heterocycles. The molecule has 0 saturated carbocycles. The van der Waals surface area contributed by atoms with E-state index in [-0.39, 0.29) is 5.60 Å². The number of hydrogen-bond acceptors (Lipinski definition) is 1. The number of hydrogen-bond donors (Lipinski definition) is 0. The Morgan fingerprint density at radius 1 is 1.10 bits per heavy atom. The number of unbranched alkanes of at least 4 members (excludes halogenated alkanes) is 5. The van der Waals surface area contributed by atoms with Gasteiger partial charge in [0, 0.05) is 4.43 Å². The predicted molar refractivity (Wildman–Crippen MR) is 95.0 cm³/mol. The molecule has 0 amide bonds. The Kier molecular flexibility index (Phi) is 6.66. The normalized spacial score (nSPS) is 21.3. The van der Waals surface area contributed by atoms with Gasteiger partial charge in [0.05, 0.1) is 0 Å². The molecule has 0 fully saturated rings. The van der Waals surface area contributed by atoms with Crippen molar-refractivity contribution in [3.8, 4) is 5.75 Å². The molecule has 1 aromatic carbocycles. The fourth-order valence-electron chi connectivity index (χ4n) is 3.02. The minimum absolute atomic E-state index is 0.0969. The quantitative estimate of drug-likeness (QED) is 0.305. The van der Waals surface area contributed by atoms with Crippen LogP contribution in [0.15, 0.2) is 24.3 Å². The van der Waals surface area contributed by atoms with Crippen molar-refractivity contribution in [3.63, 3.8) is 0 Å². The van der Waals surface area contributed by atoms with Gasteiger partial charge in [-0.3, -0.25) is 0 Å². The zero-order valence-corrected chi connectivity index (χ0v) is 14.8. The third-order valence-corrected chi connectivity index (χ3v) is 5.77. The summed E-state index contributed by atoms with van der Waals surface area (Å²) in [6, 6.07) is 8.55. The van der Waals surface area contributed by atoms with Gasteiger partial charge in [-0.1, -0.05) is 79.8 Å². The second-order valence-electron chi connectivity index (χ2n) is 6.04. The third kappa shape index (κ3) is 4.37. The van der Waals surface area contributed by atoms with Crippen LogP contribution in [0.1, 0.15) is 63.9 Å². The van der Waals surface area contributed by atoms with Crippen LogP contribution in [0, 0.1) is 0 Å². The van der Waals surface area contributed by atoms with Crippen molar-refractivity contribution in [2.75, 3.05) is 4.43 Å². The average molecular weight is 386 g/mol. The molecule has 1 nitrogen and oxygen atoms in total. The Morgan fingerprint density at radius 3 is 2.65 bits per heavy atom. The summed E-state index contributed by atoms with van der Waals surface area (Å²) in [5.74, 6) is 1.13.